The summed E-state index contributed by atoms with van der Waals surface area (Å²) in [6.45, 7) is 3.99. The number of hydrogen-bond acceptors (Lipinski definition) is 3. The van der Waals surface area contributed by atoms with Gasteiger partial charge in [0.25, 0.3) is 0 Å². The Balaban J connectivity index is 2.12. The van der Waals surface area contributed by atoms with E-state index in [9.17, 15) is 0 Å². The summed E-state index contributed by atoms with van der Waals surface area (Å²) in [5.74, 6) is 2.35. The van der Waals surface area contributed by atoms with Crippen molar-refractivity contribution in [3.63, 3.8) is 0 Å². The van der Waals surface area contributed by atoms with Gasteiger partial charge >= 0.3 is 0 Å². The van der Waals surface area contributed by atoms with Gasteiger partial charge in [-0.25, -0.2) is 0 Å². The lowest BCUT2D eigenvalue weighted by Crippen LogP contribution is -2.07. The minimum atomic E-state index is 0.143. The van der Waals surface area contributed by atoms with Gasteiger partial charge in [0.2, 0.25) is 0 Å². The van der Waals surface area contributed by atoms with Crippen molar-refractivity contribution in [1.29, 1.82) is 0 Å². The molecule has 0 amide bonds. The fraction of sp³-hybridized carbons (Fsp3) is 0.538. The van der Waals surface area contributed by atoms with Crippen molar-refractivity contribution in [2.45, 2.75) is 38.9 Å². The fourth-order valence-corrected chi connectivity index (χ4v) is 1.45. The SMILES string of the molecule is COc1cc(OC2CC2)ccc1OC(C)C. The van der Waals surface area contributed by atoms with Gasteiger partial charge < -0.3 is 14.2 Å². The Kier molecular flexibility index (Phi) is 3.22. The van der Waals surface area contributed by atoms with Gasteiger partial charge in [0.15, 0.2) is 11.5 Å². The topological polar surface area (TPSA) is 27.7 Å². The van der Waals surface area contributed by atoms with Crippen LogP contribution in [0.3, 0.4) is 0 Å². The van der Waals surface area contributed by atoms with Crippen molar-refractivity contribution < 1.29 is 14.2 Å². The highest BCUT2D eigenvalue weighted by Crippen LogP contribution is 2.34. The van der Waals surface area contributed by atoms with Gasteiger partial charge in [0.05, 0.1) is 19.3 Å². The Morgan fingerprint density at radius 1 is 1.19 bits per heavy atom. The van der Waals surface area contributed by atoms with Crippen LogP contribution in [0.1, 0.15) is 26.7 Å². The van der Waals surface area contributed by atoms with E-state index in [1.807, 2.05) is 32.0 Å². The monoisotopic (exact) mass is 222 g/mol. The van der Waals surface area contributed by atoms with E-state index in [0.717, 1.165) is 30.1 Å². The highest BCUT2D eigenvalue weighted by molar-refractivity contribution is 5.45. The molecule has 1 saturated carbocycles. The van der Waals surface area contributed by atoms with Crippen LogP contribution in [-0.4, -0.2) is 19.3 Å². The van der Waals surface area contributed by atoms with Crippen molar-refractivity contribution in [3.8, 4) is 17.2 Å². The maximum atomic E-state index is 5.69. The average Bonchev–Trinajstić information content (AvgIpc) is 3.03. The summed E-state index contributed by atoms with van der Waals surface area (Å²) in [6.07, 6.45) is 2.87. The molecule has 2 rings (SSSR count). The molecule has 0 atom stereocenters. The van der Waals surface area contributed by atoms with Gasteiger partial charge in [0.1, 0.15) is 5.75 Å². The van der Waals surface area contributed by atoms with E-state index >= 15 is 0 Å². The van der Waals surface area contributed by atoms with Gasteiger partial charge in [-0.1, -0.05) is 0 Å². The molecule has 0 unspecified atom stereocenters. The molecule has 0 aromatic heterocycles. The molecule has 1 aliphatic carbocycles. The van der Waals surface area contributed by atoms with Crippen LogP contribution in [0.25, 0.3) is 0 Å². The van der Waals surface area contributed by atoms with E-state index in [2.05, 4.69) is 0 Å². The number of benzene rings is 1. The molecule has 88 valence electrons. The van der Waals surface area contributed by atoms with Crippen LogP contribution in [0.5, 0.6) is 17.2 Å². The molecule has 0 aliphatic heterocycles. The summed E-state index contributed by atoms with van der Waals surface area (Å²) in [5.41, 5.74) is 0. The van der Waals surface area contributed by atoms with Gasteiger partial charge in [-0.05, 0) is 38.8 Å². The summed E-state index contributed by atoms with van der Waals surface area (Å²) in [6, 6.07) is 5.71. The molecule has 0 saturated heterocycles. The molecule has 0 radical (unpaired) electrons. The third-order valence-electron chi connectivity index (χ3n) is 2.32. The Morgan fingerprint density at radius 3 is 2.50 bits per heavy atom. The van der Waals surface area contributed by atoms with Crippen molar-refractivity contribution >= 4 is 0 Å². The Hall–Kier alpha value is -1.38. The lowest BCUT2D eigenvalue weighted by atomic mass is 10.3. The van der Waals surface area contributed by atoms with Crippen molar-refractivity contribution in [3.05, 3.63) is 18.2 Å². The van der Waals surface area contributed by atoms with Crippen LogP contribution in [-0.2, 0) is 0 Å². The second-order valence-electron chi connectivity index (χ2n) is 4.30. The molecular weight excluding hydrogens is 204 g/mol. The van der Waals surface area contributed by atoms with E-state index in [-0.39, 0.29) is 6.10 Å². The van der Waals surface area contributed by atoms with Crippen LogP contribution < -0.4 is 14.2 Å². The minimum Gasteiger partial charge on any atom is -0.493 e. The zero-order valence-corrected chi connectivity index (χ0v) is 10.0. The lowest BCUT2D eigenvalue weighted by Gasteiger charge is -2.14. The fourth-order valence-electron chi connectivity index (χ4n) is 1.45. The van der Waals surface area contributed by atoms with Crippen molar-refractivity contribution in [2.24, 2.45) is 0 Å². The number of ether oxygens (including phenoxy) is 3. The first-order chi connectivity index (χ1) is 7.69. The third-order valence-corrected chi connectivity index (χ3v) is 2.32. The molecule has 0 N–H and O–H groups in total. The first-order valence-electron chi connectivity index (χ1n) is 5.70. The smallest absolute Gasteiger partial charge is 0.164 e. The van der Waals surface area contributed by atoms with Crippen LogP contribution in [0.15, 0.2) is 18.2 Å². The predicted octanol–water partition coefficient (Wildman–Crippen LogP) is 3.02. The number of rotatable bonds is 5. The largest absolute Gasteiger partial charge is 0.493 e. The summed E-state index contributed by atoms with van der Waals surface area (Å²) in [5, 5.41) is 0. The average molecular weight is 222 g/mol. The molecule has 0 spiro atoms. The third kappa shape index (κ3) is 2.81. The molecule has 1 aliphatic rings. The maximum absolute atomic E-state index is 5.69. The van der Waals surface area contributed by atoms with Gasteiger partial charge in [0, 0.05) is 6.07 Å². The molecule has 0 bridgehead atoms. The summed E-state index contributed by atoms with van der Waals surface area (Å²) in [7, 11) is 1.64. The van der Waals surface area contributed by atoms with Gasteiger partial charge in [-0.3, -0.25) is 0 Å². The molecular formula is C13H18O3. The Bertz CT molecular complexity index is 356. The molecule has 3 nitrogen and oxygen atoms in total. The lowest BCUT2D eigenvalue weighted by molar-refractivity contribution is 0.228. The van der Waals surface area contributed by atoms with E-state index in [1.54, 1.807) is 7.11 Å². The highest BCUT2D eigenvalue weighted by Gasteiger charge is 2.23. The quantitative estimate of drug-likeness (QED) is 0.766. The van der Waals surface area contributed by atoms with Crippen LogP contribution in [0.4, 0.5) is 0 Å². The molecule has 1 fully saturated rings. The minimum absolute atomic E-state index is 0.143. The molecule has 1 aromatic rings. The van der Waals surface area contributed by atoms with E-state index < -0.39 is 0 Å². The predicted molar refractivity (Wildman–Crippen MR) is 62.4 cm³/mol. The zero-order valence-electron chi connectivity index (χ0n) is 10.0. The van der Waals surface area contributed by atoms with Gasteiger partial charge in [-0.2, -0.15) is 0 Å². The standard InChI is InChI=1S/C13H18O3/c1-9(2)15-12-7-6-11(8-13(12)14-3)16-10-4-5-10/h6-10H,4-5H2,1-3H3. The molecule has 3 heteroatoms. The summed E-state index contributed by atoms with van der Waals surface area (Å²) in [4.78, 5) is 0. The van der Waals surface area contributed by atoms with Gasteiger partial charge in [-0.15, -0.1) is 0 Å². The van der Waals surface area contributed by atoms with Crippen LogP contribution in [0, 0.1) is 0 Å². The first kappa shape index (κ1) is 11.1. The molecule has 16 heavy (non-hydrogen) atoms. The second kappa shape index (κ2) is 4.64. The Labute approximate surface area is 96.3 Å². The zero-order chi connectivity index (χ0) is 11.5. The van der Waals surface area contributed by atoms with E-state index in [4.69, 9.17) is 14.2 Å². The summed E-state index contributed by atoms with van der Waals surface area (Å²) < 4.78 is 16.6. The number of methoxy groups -OCH3 is 1. The normalized spacial score (nSPS) is 15.0. The molecule has 0 heterocycles. The molecule has 1 aromatic carbocycles. The Morgan fingerprint density at radius 2 is 1.94 bits per heavy atom. The van der Waals surface area contributed by atoms with Crippen molar-refractivity contribution in [1.82, 2.24) is 0 Å². The number of hydrogen-bond donors (Lipinski definition) is 0. The second-order valence-corrected chi connectivity index (χ2v) is 4.30. The van der Waals surface area contributed by atoms with E-state index in [0.29, 0.717) is 6.10 Å². The maximum Gasteiger partial charge on any atom is 0.164 e. The van der Waals surface area contributed by atoms with Crippen LogP contribution in [0.2, 0.25) is 0 Å². The van der Waals surface area contributed by atoms with E-state index in [1.165, 1.54) is 0 Å². The van der Waals surface area contributed by atoms with Crippen LogP contribution >= 0.6 is 0 Å². The van der Waals surface area contributed by atoms with Crippen molar-refractivity contribution in [2.75, 3.05) is 7.11 Å². The first-order valence-corrected chi connectivity index (χ1v) is 5.70. The highest BCUT2D eigenvalue weighted by atomic mass is 16.5. The summed E-state index contributed by atoms with van der Waals surface area (Å²) >= 11 is 0.